The molecule has 7 rings (SSSR count). The monoisotopic (exact) mass is 738 g/mol. The standard InChI is InChI=1S/C42H30N2O11/c1-21(45)24-7-10-29(32(15-24)41(51)52)38-30-11-9-28(47)18-36(30)54-39-31(38)12-13-34(48)33(39)20-44-40(50)23-4-2-22(3-5-23)19-43-37(49)16-26-14-25-6-8-27(46)17-35(25)55-42(26)53/h2-15,17-18,46-47H,16,19-20H2,1H3,(H,43,49)(H,44,50)(H,51,52). The number of amides is 2. The number of hydrogen-bond donors (Lipinski definition) is 5. The van der Waals surface area contributed by atoms with Crippen LogP contribution in [0.4, 0.5) is 0 Å². The van der Waals surface area contributed by atoms with Gasteiger partial charge in [0.15, 0.2) is 11.2 Å². The number of aromatic hydroxyl groups is 2. The van der Waals surface area contributed by atoms with Crippen molar-refractivity contribution in [1.29, 1.82) is 0 Å². The molecule has 0 unspecified atom stereocenters. The molecule has 0 spiro atoms. The van der Waals surface area contributed by atoms with Gasteiger partial charge in [0.1, 0.15) is 28.4 Å². The van der Waals surface area contributed by atoms with E-state index in [1.165, 1.54) is 67.6 Å². The Balaban J connectivity index is 1.09. The van der Waals surface area contributed by atoms with Crippen LogP contribution in [0.5, 0.6) is 11.5 Å². The van der Waals surface area contributed by atoms with E-state index >= 15 is 0 Å². The number of ketones is 1. The van der Waals surface area contributed by atoms with Crippen molar-refractivity contribution < 1.29 is 43.3 Å². The first kappa shape index (κ1) is 35.8. The zero-order valence-electron chi connectivity index (χ0n) is 29.0. The van der Waals surface area contributed by atoms with Gasteiger partial charge in [0, 0.05) is 57.3 Å². The van der Waals surface area contributed by atoms with Gasteiger partial charge in [0.25, 0.3) is 5.91 Å². The molecule has 0 saturated heterocycles. The molecule has 1 aromatic heterocycles. The molecule has 0 bridgehead atoms. The molecule has 0 radical (unpaired) electrons. The highest BCUT2D eigenvalue weighted by atomic mass is 16.4. The SMILES string of the molecule is CC(=O)c1ccc(-c2c3ccc(=O)c(CNC(=O)c4ccc(CNC(=O)Cc5cc6ccc(O)cc6oc5=O)cc4)c-3oc3cc(O)ccc23)c(C(=O)O)c1. The minimum atomic E-state index is -1.28. The normalized spacial score (nSPS) is 11.1. The minimum absolute atomic E-state index is 0.0535. The molecule has 0 fully saturated rings. The summed E-state index contributed by atoms with van der Waals surface area (Å²) in [6, 6.07) is 23.6. The van der Waals surface area contributed by atoms with Crippen LogP contribution in [-0.4, -0.2) is 38.9 Å². The Labute approximate surface area is 310 Å². The fourth-order valence-corrected chi connectivity index (χ4v) is 6.34. The summed E-state index contributed by atoms with van der Waals surface area (Å²) in [6.07, 6.45) is -0.229. The van der Waals surface area contributed by atoms with Crippen molar-refractivity contribution in [2.75, 3.05) is 0 Å². The predicted octanol–water partition coefficient (Wildman–Crippen LogP) is 5.77. The molecule has 1 aliphatic carbocycles. The Hall–Kier alpha value is -7.54. The summed E-state index contributed by atoms with van der Waals surface area (Å²) in [6.45, 7) is 1.17. The third-order valence-corrected chi connectivity index (χ3v) is 9.13. The van der Waals surface area contributed by atoms with Gasteiger partial charge >= 0.3 is 11.6 Å². The summed E-state index contributed by atoms with van der Waals surface area (Å²) < 4.78 is 11.4. The van der Waals surface area contributed by atoms with Crippen molar-refractivity contribution in [3.05, 3.63) is 151 Å². The molecule has 274 valence electrons. The summed E-state index contributed by atoms with van der Waals surface area (Å²) in [7, 11) is 0. The third-order valence-electron chi connectivity index (χ3n) is 9.13. The van der Waals surface area contributed by atoms with Gasteiger partial charge in [-0.15, -0.1) is 0 Å². The van der Waals surface area contributed by atoms with E-state index in [0.29, 0.717) is 27.5 Å². The maximum absolute atomic E-state index is 13.2. The lowest BCUT2D eigenvalue weighted by molar-refractivity contribution is -0.120. The Morgan fingerprint density at radius 3 is 2.11 bits per heavy atom. The van der Waals surface area contributed by atoms with Gasteiger partial charge < -0.3 is 34.8 Å². The number of rotatable bonds is 10. The molecular formula is C42H30N2O11. The maximum atomic E-state index is 13.2. The van der Waals surface area contributed by atoms with E-state index in [1.807, 2.05) is 0 Å². The summed E-state index contributed by atoms with van der Waals surface area (Å²) in [5.41, 5.74) is 1.41. The van der Waals surface area contributed by atoms with Crippen molar-refractivity contribution in [3.8, 4) is 33.9 Å². The molecule has 13 nitrogen and oxygen atoms in total. The number of phenolic OH excluding ortho intramolecular Hbond substituents is 2. The number of carboxylic acid groups (broad SMARTS) is 1. The first-order chi connectivity index (χ1) is 26.4. The molecule has 1 aliphatic heterocycles. The van der Waals surface area contributed by atoms with Crippen molar-refractivity contribution in [2.24, 2.45) is 0 Å². The van der Waals surface area contributed by atoms with Crippen LogP contribution < -0.4 is 21.7 Å². The second kappa shape index (κ2) is 14.5. The van der Waals surface area contributed by atoms with Gasteiger partial charge in [-0.25, -0.2) is 9.59 Å². The molecule has 4 aromatic carbocycles. The highest BCUT2D eigenvalue weighted by Gasteiger charge is 2.26. The largest absolute Gasteiger partial charge is 0.508 e. The van der Waals surface area contributed by atoms with E-state index in [1.54, 1.807) is 36.4 Å². The molecule has 55 heavy (non-hydrogen) atoms. The fraction of sp³-hybridized carbons (Fsp3) is 0.0952. The van der Waals surface area contributed by atoms with E-state index in [2.05, 4.69) is 10.6 Å². The van der Waals surface area contributed by atoms with Gasteiger partial charge in [0.05, 0.1) is 24.1 Å². The second-order valence-corrected chi connectivity index (χ2v) is 12.8. The van der Waals surface area contributed by atoms with Gasteiger partial charge in [-0.1, -0.05) is 24.3 Å². The Morgan fingerprint density at radius 2 is 1.38 bits per heavy atom. The summed E-state index contributed by atoms with van der Waals surface area (Å²) in [5.74, 6) is -2.67. The van der Waals surface area contributed by atoms with Gasteiger partial charge in [0.2, 0.25) is 5.91 Å². The zero-order valence-corrected chi connectivity index (χ0v) is 29.0. The van der Waals surface area contributed by atoms with E-state index in [-0.39, 0.29) is 87.1 Å². The van der Waals surface area contributed by atoms with Gasteiger partial charge in [-0.3, -0.25) is 19.2 Å². The number of benzene rings is 5. The zero-order chi connectivity index (χ0) is 39.0. The number of carbonyl (C=O) groups excluding carboxylic acids is 3. The average molecular weight is 739 g/mol. The van der Waals surface area contributed by atoms with Crippen molar-refractivity contribution in [2.45, 2.75) is 26.4 Å². The Kier molecular flexibility index (Phi) is 9.43. The number of carboxylic acids is 1. The van der Waals surface area contributed by atoms with Crippen LogP contribution in [0.1, 0.15) is 54.7 Å². The van der Waals surface area contributed by atoms with Gasteiger partial charge in [-0.2, -0.15) is 0 Å². The molecule has 0 saturated carbocycles. The highest BCUT2D eigenvalue weighted by Crippen LogP contribution is 2.43. The topological polar surface area (TPSA) is 213 Å². The second-order valence-electron chi connectivity index (χ2n) is 12.8. The molecular weight excluding hydrogens is 708 g/mol. The predicted molar refractivity (Wildman–Crippen MR) is 200 cm³/mol. The number of carbonyl (C=O) groups is 4. The van der Waals surface area contributed by atoms with Crippen LogP contribution in [0.25, 0.3) is 44.4 Å². The number of Topliss-reactive ketones (excluding diaryl/α,β-unsaturated/α-hetero) is 1. The van der Waals surface area contributed by atoms with E-state index in [4.69, 9.17) is 8.83 Å². The fourth-order valence-electron chi connectivity index (χ4n) is 6.34. The molecule has 13 heteroatoms. The van der Waals surface area contributed by atoms with Crippen LogP contribution in [0.15, 0.2) is 115 Å². The number of phenols is 2. The molecule has 2 aliphatic rings. The van der Waals surface area contributed by atoms with Crippen molar-refractivity contribution in [3.63, 3.8) is 0 Å². The first-order valence-corrected chi connectivity index (χ1v) is 16.9. The van der Waals surface area contributed by atoms with Crippen LogP contribution in [0.3, 0.4) is 0 Å². The Morgan fingerprint density at radius 1 is 0.691 bits per heavy atom. The summed E-state index contributed by atoms with van der Waals surface area (Å²) in [5, 5.41) is 36.5. The molecule has 2 heterocycles. The van der Waals surface area contributed by atoms with Crippen molar-refractivity contribution in [1.82, 2.24) is 10.6 Å². The smallest absolute Gasteiger partial charge is 0.339 e. The molecule has 5 N–H and O–H groups in total. The maximum Gasteiger partial charge on any atom is 0.339 e. The minimum Gasteiger partial charge on any atom is -0.508 e. The Bertz CT molecular complexity index is 2800. The van der Waals surface area contributed by atoms with Gasteiger partial charge in [-0.05, 0) is 78.7 Å². The lowest BCUT2D eigenvalue weighted by Crippen LogP contribution is -2.27. The molecule has 0 atom stereocenters. The van der Waals surface area contributed by atoms with E-state index in [0.717, 1.165) is 0 Å². The van der Waals surface area contributed by atoms with Crippen LogP contribution in [0, 0.1) is 0 Å². The van der Waals surface area contributed by atoms with E-state index < -0.39 is 28.8 Å². The van der Waals surface area contributed by atoms with Crippen LogP contribution >= 0.6 is 0 Å². The quantitative estimate of drug-likeness (QED) is 0.0645. The van der Waals surface area contributed by atoms with Crippen molar-refractivity contribution >= 4 is 45.5 Å². The lowest BCUT2D eigenvalue weighted by Gasteiger charge is -2.19. The highest BCUT2D eigenvalue weighted by molar-refractivity contribution is 6.09. The molecule has 5 aromatic rings. The van der Waals surface area contributed by atoms with E-state index in [9.17, 15) is 44.1 Å². The van der Waals surface area contributed by atoms with Crippen LogP contribution in [-0.2, 0) is 24.3 Å². The molecule has 2 amide bonds. The third kappa shape index (κ3) is 7.26. The summed E-state index contributed by atoms with van der Waals surface area (Å²) >= 11 is 0. The summed E-state index contributed by atoms with van der Waals surface area (Å²) in [4.78, 5) is 76.0. The number of nitrogens with one attached hydrogen (secondary N) is 2. The van der Waals surface area contributed by atoms with Crippen LogP contribution in [0.2, 0.25) is 0 Å². The first-order valence-electron chi connectivity index (χ1n) is 16.9. The average Bonchev–Trinajstić information content (AvgIpc) is 3.16. The lowest BCUT2D eigenvalue weighted by atomic mass is 9.88. The number of fused-ring (bicyclic) bond motifs is 3. The number of aromatic carboxylic acids is 1. The number of hydrogen-bond acceptors (Lipinski definition) is 10.